The molecule has 0 bridgehead atoms. The van der Waals surface area contributed by atoms with E-state index in [-0.39, 0.29) is 29.3 Å². The Morgan fingerprint density at radius 1 is 1.17 bits per heavy atom. The molecule has 0 aliphatic carbocycles. The summed E-state index contributed by atoms with van der Waals surface area (Å²) in [5.74, 6) is -1.97. The first-order chi connectivity index (χ1) is 17.1. The number of aromatic nitrogens is 1. The summed E-state index contributed by atoms with van der Waals surface area (Å²) < 4.78 is 43.1. The number of benzene rings is 1. The first-order valence-electron chi connectivity index (χ1n) is 10.5. The van der Waals surface area contributed by atoms with Crippen molar-refractivity contribution in [2.45, 2.75) is 6.18 Å². The second kappa shape index (κ2) is 9.95. The second-order valence-corrected chi connectivity index (χ2v) is 8.85. The molecule has 0 radical (unpaired) electrons. The molecule has 13 heteroatoms. The Labute approximate surface area is 206 Å². The number of amides is 3. The molecule has 0 saturated heterocycles. The van der Waals surface area contributed by atoms with Gasteiger partial charge in [0.15, 0.2) is 0 Å². The number of nitrogens with zero attached hydrogens (tertiary/aromatic N) is 2. The van der Waals surface area contributed by atoms with Crippen LogP contribution >= 0.6 is 11.3 Å². The SMILES string of the molecule is COCC(=O)N(C)c1ccc2c(C(=O)NCC(F)(F)F)c(NC(=O)c3ccc(C4=CN=C4)s3)[nH]c2c1. The summed E-state index contributed by atoms with van der Waals surface area (Å²) in [6.45, 7) is -1.69. The standard InChI is InChI=1S/C23H20F3N5O4S/c1-31(18(32)10-35-2)13-3-4-14-15(7-13)29-20(19(14)22(34)28-11-23(24,25)26)30-21(33)17-6-5-16(36-17)12-8-27-9-12/h3-9,29H,10-11H2,1-2H3,(H,28,34)(H,30,33). The summed E-state index contributed by atoms with van der Waals surface area (Å²) >= 11 is 1.20. The lowest BCUT2D eigenvalue weighted by Gasteiger charge is -2.16. The van der Waals surface area contributed by atoms with Crippen molar-refractivity contribution in [2.75, 3.05) is 37.5 Å². The number of rotatable bonds is 8. The molecule has 36 heavy (non-hydrogen) atoms. The van der Waals surface area contributed by atoms with Crippen LogP contribution in [0.5, 0.6) is 0 Å². The van der Waals surface area contributed by atoms with Gasteiger partial charge in [0, 0.05) is 53.6 Å². The largest absolute Gasteiger partial charge is 0.405 e. The number of methoxy groups -OCH3 is 1. The summed E-state index contributed by atoms with van der Waals surface area (Å²) in [5.41, 5.74) is 1.49. The summed E-state index contributed by atoms with van der Waals surface area (Å²) in [6, 6.07) is 7.92. The molecule has 3 amide bonds. The van der Waals surface area contributed by atoms with Gasteiger partial charge < -0.3 is 25.3 Å². The van der Waals surface area contributed by atoms with Crippen LogP contribution in [0.3, 0.4) is 0 Å². The Morgan fingerprint density at radius 3 is 2.56 bits per heavy atom. The third-order valence-electron chi connectivity index (χ3n) is 5.27. The topological polar surface area (TPSA) is 116 Å². The number of fused-ring (bicyclic) bond motifs is 1. The van der Waals surface area contributed by atoms with Crippen molar-refractivity contribution in [1.29, 1.82) is 0 Å². The van der Waals surface area contributed by atoms with Crippen LogP contribution < -0.4 is 15.5 Å². The third kappa shape index (κ3) is 5.31. The van der Waals surface area contributed by atoms with Crippen molar-refractivity contribution in [3.8, 4) is 0 Å². The number of hydrogen-bond acceptors (Lipinski definition) is 6. The predicted molar refractivity (Wildman–Crippen MR) is 131 cm³/mol. The maximum Gasteiger partial charge on any atom is 0.405 e. The van der Waals surface area contributed by atoms with Crippen molar-refractivity contribution >= 4 is 63.3 Å². The van der Waals surface area contributed by atoms with Gasteiger partial charge in [-0.1, -0.05) is 0 Å². The van der Waals surface area contributed by atoms with E-state index in [2.05, 4.69) is 15.3 Å². The molecule has 3 heterocycles. The Hall–Kier alpha value is -3.97. The molecule has 0 spiro atoms. The summed E-state index contributed by atoms with van der Waals surface area (Å²) in [5, 5.41) is 4.70. The molecule has 2 aromatic heterocycles. The lowest BCUT2D eigenvalue weighted by atomic mass is 10.1. The van der Waals surface area contributed by atoms with E-state index in [4.69, 9.17) is 4.74 Å². The highest BCUT2D eigenvalue weighted by Gasteiger charge is 2.30. The predicted octanol–water partition coefficient (Wildman–Crippen LogP) is 3.81. The van der Waals surface area contributed by atoms with Crippen molar-refractivity contribution in [3.63, 3.8) is 0 Å². The average Bonchev–Trinajstić information content (AvgIpc) is 3.39. The molecule has 0 saturated carbocycles. The fourth-order valence-electron chi connectivity index (χ4n) is 3.42. The number of allylic oxidation sites excluding steroid dienone is 1. The molecular formula is C23H20F3N5O4S. The third-order valence-corrected chi connectivity index (χ3v) is 6.40. The molecule has 0 unspecified atom stereocenters. The zero-order valence-corrected chi connectivity index (χ0v) is 19.8. The van der Waals surface area contributed by atoms with Crippen molar-refractivity contribution < 1.29 is 32.3 Å². The maximum atomic E-state index is 12.9. The molecule has 188 valence electrons. The Morgan fingerprint density at radius 2 is 1.92 bits per heavy atom. The Bertz CT molecular complexity index is 1410. The minimum absolute atomic E-state index is 0.0722. The molecular weight excluding hydrogens is 499 g/mol. The molecule has 3 N–H and O–H groups in total. The maximum absolute atomic E-state index is 12.9. The monoisotopic (exact) mass is 519 g/mol. The van der Waals surface area contributed by atoms with E-state index in [0.717, 1.165) is 10.5 Å². The summed E-state index contributed by atoms with van der Waals surface area (Å²) in [4.78, 5) is 47.1. The quantitative estimate of drug-likeness (QED) is 0.420. The number of likely N-dealkylation sites (N-methyl/N-ethyl adjacent to an activating group) is 1. The number of hydrogen-bond donors (Lipinski definition) is 3. The number of aromatic amines is 1. The first-order valence-corrected chi connectivity index (χ1v) is 11.3. The fraction of sp³-hybridized carbons (Fsp3) is 0.217. The first kappa shape index (κ1) is 25.1. The van der Waals surface area contributed by atoms with E-state index >= 15 is 0 Å². The van der Waals surface area contributed by atoms with E-state index in [9.17, 15) is 27.6 Å². The van der Waals surface area contributed by atoms with Crippen molar-refractivity contribution in [1.82, 2.24) is 10.3 Å². The van der Waals surface area contributed by atoms with Gasteiger partial charge in [-0.15, -0.1) is 11.3 Å². The van der Waals surface area contributed by atoms with Gasteiger partial charge in [-0.3, -0.25) is 19.4 Å². The number of carbonyl (C=O) groups excluding carboxylic acids is 3. The zero-order chi connectivity index (χ0) is 26.0. The van der Waals surface area contributed by atoms with Crippen LogP contribution in [-0.4, -0.2) is 62.4 Å². The lowest BCUT2D eigenvalue weighted by molar-refractivity contribution is -0.123. The lowest BCUT2D eigenvalue weighted by Crippen LogP contribution is -2.34. The number of H-pyrrole nitrogens is 1. The zero-order valence-electron chi connectivity index (χ0n) is 19.0. The number of anilines is 2. The highest BCUT2D eigenvalue weighted by molar-refractivity contribution is 7.15. The van der Waals surface area contributed by atoms with Crippen LogP contribution in [0.15, 0.2) is 41.5 Å². The fourth-order valence-corrected chi connectivity index (χ4v) is 4.30. The molecule has 9 nitrogen and oxygen atoms in total. The molecule has 1 aromatic carbocycles. The minimum atomic E-state index is -4.62. The van der Waals surface area contributed by atoms with E-state index < -0.39 is 24.5 Å². The molecule has 4 rings (SSSR count). The van der Waals surface area contributed by atoms with Crippen LogP contribution in [-0.2, 0) is 9.53 Å². The number of ether oxygens (including phenoxy) is 1. The highest BCUT2D eigenvalue weighted by atomic mass is 32.1. The molecule has 1 aliphatic heterocycles. The van der Waals surface area contributed by atoms with Crippen LogP contribution in [0.2, 0.25) is 0 Å². The van der Waals surface area contributed by atoms with Crippen LogP contribution in [0, 0.1) is 0 Å². The summed E-state index contributed by atoms with van der Waals surface area (Å²) in [6.07, 6.45) is -1.31. The average molecular weight is 520 g/mol. The number of aliphatic imine (C=N–C) groups is 1. The van der Waals surface area contributed by atoms with Crippen molar-refractivity contribution in [2.24, 2.45) is 4.99 Å². The van der Waals surface area contributed by atoms with E-state index in [0.29, 0.717) is 16.1 Å². The van der Waals surface area contributed by atoms with Crippen molar-refractivity contribution in [3.05, 3.63) is 51.8 Å². The van der Waals surface area contributed by atoms with Gasteiger partial charge in [0.2, 0.25) is 0 Å². The van der Waals surface area contributed by atoms with E-state index in [1.54, 1.807) is 30.6 Å². The summed E-state index contributed by atoms with van der Waals surface area (Å²) in [7, 11) is 2.91. The second-order valence-electron chi connectivity index (χ2n) is 7.77. The van der Waals surface area contributed by atoms with Crippen LogP contribution in [0.1, 0.15) is 24.9 Å². The number of nitrogens with one attached hydrogen (secondary N) is 3. The molecule has 3 aromatic rings. The van der Waals surface area contributed by atoms with Crippen LogP contribution in [0.25, 0.3) is 16.5 Å². The Kier molecular flexibility index (Phi) is 6.95. The normalized spacial score (nSPS) is 12.8. The number of halogens is 3. The van der Waals surface area contributed by atoms with Gasteiger partial charge in [-0.05, 0) is 30.3 Å². The van der Waals surface area contributed by atoms with Gasteiger partial charge in [0.25, 0.3) is 17.7 Å². The highest BCUT2D eigenvalue weighted by Crippen LogP contribution is 2.32. The van der Waals surface area contributed by atoms with E-state index in [1.165, 1.54) is 42.5 Å². The van der Waals surface area contributed by atoms with Gasteiger partial charge in [-0.2, -0.15) is 13.2 Å². The Balaban J connectivity index is 1.67. The van der Waals surface area contributed by atoms with E-state index in [1.807, 2.05) is 5.32 Å². The van der Waals surface area contributed by atoms with Gasteiger partial charge >= 0.3 is 6.18 Å². The minimum Gasteiger partial charge on any atom is -0.375 e. The van der Waals surface area contributed by atoms with Crippen LogP contribution in [0.4, 0.5) is 24.7 Å². The number of thiophene rings is 1. The molecule has 0 fully saturated rings. The number of carbonyl (C=O) groups is 3. The number of alkyl halides is 3. The van der Waals surface area contributed by atoms with Gasteiger partial charge in [0.05, 0.1) is 10.4 Å². The molecule has 0 atom stereocenters. The smallest absolute Gasteiger partial charge is 0.375 e. The molecule has 1 aliphatic rings. The van der Waals surface area contributed by atoms with Gasteiger partial charge in [0.1, 0.15) is 19.0 Å². The van der Waals surface area contributed by atoms with Gasteiger partial charge in [-0.25, -0.2) is 0 Å².